The third-order valence-corrected chi connectivity index (χ3v) is 2.75. The average molecular weight is 251 g/mol. The zero-order valence-electron chi connectivity index (χ0n) is 9.14. The molecule has 1 nitrogen and oxygen atoms in total. The van der Waals surface area contributed by atoms with Crippen molar-refractivity contribution in [3.63, 3.8) is 0 Å². The molecule has 1 atom stereocenters. The van der Waals surface area contributed by atoms with Crippen molar-refractivity contribution in [2.45, 2.75) is 12.2 Å². The normalized spacial score (nSPS) is 12.4. The van der Waals surface area contributed by atoms with Crippen molar-refractivity contribution in [3.8, 4) is 0 Å². The highest BCUT2D eigenvalue weighted by molar-refractivity contribution is 6.19. The molecule has 0 fully saturated rings. The summed E-state index contributed by atoms with van der Waals surface area (Å²) in [4.78, 5) is 0. The van der Waals surface area contributed by atoms with Gasteiger partial charge in [0.1, 0.15) is 5.82 Å². The van der Waals surface area contributed by atoms with Crippen LogP contribution >= 0.6 is 11.6 Å². The average Bonchev–Trinajstić information content (AvgIpc) is 2.39. The van der Waals surface area contributed by atoms with E-state index in [4.69, 9.17) is 16.3 Å². The molecule has 0 aliphatic rings. The summed E-state index contributed by atoms with van der Waals surface area (Å²) >= 11 is 6.09. The van der Waals surface area contributed by atoms with E-state index in [1.165, 1.54) is 12.1 Å². The van der Waals surface area contributed by atoms with Crippen LogP contribution in [0.1, 0.15) is 16.7 Å². The van der Waals surface area contributed by atoms with Gasteiger partial charge in [0.15, 0.2) is 5.56 Å². The van der Waals surface area contributed by atoms with Gasteiger partial charge in [-0.15, -0.1) is 0 Å². The summed E-state index contributed by atoms with van der Waals surface area (Å²) in [5.41, 5.74) is 1.32. The number of rotatable bonds is 4. The van der Waals surface area contributed by atoms with Gasteiger partial charge in [-0.3, -0.25) is 0 Å². The van der Waals surface area contributed by atoms with E-state index >= 15 is 0 Å². The largest absolute Gasteiger partial charge is 0.354 e. The molecule has 0 heterocycles. The Morgan fingerprint density at radius 3 is 2.29 bits per heavy atom. The zero-order valence-corrected chi connectivity index (χ0v) is 9.90. The molecule has 2 aromatic carbocycles. The lowest BCUT2D eigenvalue weighted by Crippen LogP contribution is -1.98. The van der Waals surface area contributed by atoms with Gasteiger partial charge in [-0.05, 0) is 23.3 Å². The molecule has 0 aliphatic heterocycles. The summed E-state index contributed by atoms with van der Waals surface area (Å²) in [6.45, 7) is 0.364. The molecule has 2 aromatic rings. The molecule has 0 spiro atoms. The maximum absolute atomic E-state index is 12.7. The number of hydrogen-bond donors (Lipinski definition) is 0. The van der Waals surface area contributed by atoms with E-state index in [2.05, 4.69) is 0 Å². The fraction of sp³-hybridized carbons (Fsp3) is 0.143. The summed E-state index contributed by atoms with van der Waals surface area (Å²) in [6.07, 6.45) is 0. The van der Waals surface area contributed by atoms with Gasteiger partial charge in [0.2, 0.25) is 0 Å². The highest BCUT2D eigenvalue weighted by atomic mass is 35.5. The Bertz CT molecular complexity index is 455. The van der Waals surface area contributed by atoms with Crippen LogP contribution in [-0.4, -0.2) is 0 Å². The minimum Gasteiger partial charge on any atom is -0.354 e. The molecule has 0 saturated carbocycles. The van der Waals surface area contributed by atoms with Gasteiger partial charge in [-0.1, -0.05) is 54.1 Å². The highest BCUT2D eigenvalue weighted by Gasteiger charge is 2.07. The molecule has 1 unspecified atom stereocenters. The number of ether oxygens (including phenoxy) is 1. The van der Waals surface area contributed by atoms with Crippen LogP contribution in [0, 0.1) is 5.82 Å². The van der Waals surface area contributed by atoms with Gasteiger partial charge >= 0.3 is 0 Å². The first-order valence-corrected chi connectivity index (χ1v) is 5.74. The van der Waals surface area contributed by atoms with Crippen LogP contribution in [0.3, 0.4) is 0 Å². The predicted molar refractivity (Wildman–Crippen MR) is 66.2 cm³/mol. The summed E-state index contributed by atoms with van der Waals surface area (Å²) < 4.78 is 18.2. The predicted octanol–water partition coefficient (Wildman–Crippen LogP) is 4.28. The van der Waals surface area contributed by atoms with Crippen molar-refractivity contribution >= 4 is 11.6 Å². The van der Waals surface area contributed by atoms with E-state index in [0.717, 1.165) is 11.1 Å². The minimum absolute atomic E-state index is 0.251. The number of halogens is 2. The van der Waals surface area contributed by atoms with Gasteiger partial charge in [0, 0.05) is 0 Å². The summed E-state index contributed by atoms with van der Waals surface area (Å²) in [7, 11) is 0. The van der Waals surface area contributed by atoms with E-state index in [-0.39, 0.29) is 5.82 Å². The van der Waals surface area contributed by atoms with Gasteiger partial charge in [0.05, 0.1) is 6.61 Å². The molecular formula is C14H12ClFO. The van der Waals surface area contributed by atoms with E-state index < -0.39 is 5.56 Å². The monoisotopic (exact) mass is 250 g/mol. The fourth-order valence-corrected chi connectivity index (χ4v) is 1.66. The molecule has 0 saturated heterocycles. The standard InChI is InChI=1S/C14H12ClFO/c15-14(12-4-2-1-3-5-12)17-10-11-6-8-13(16)9-7-11/h1-9,14H,10H2. The third kappa shape index (κ3) is 3.55. The van der Waals surface area contributed by atoms with Crippen molar-refractivity contribution in [1.82, 2.24) is 0 Å². The topological polar surface area (TPSA) is 9.23 Å². The van der Waals surface area contributed by atoms with Gasteiger partial charge < -0.3 is 4.74 Å². The first-order valence-electron chi connectivity index (χ1n) is 5.31. The molecule has 0 radical (unpaired) electrons. The molecule has 0 aliphatic carbocycles. The fourth-order valence-electron chi connectivity index (χ4n) is 1.45. The molecule has 3 heteroatoms. The SMILES string of the molecule is Fc1ccc(COC(Cl)c2ccccc2)cc1. The van der Waals surface area contributed by atoms with Crippen LogP contribution in [0.2, 0.25) is 0 Å². The molecule has 0 N–H and O–H groups in total. The molecule has 2 rings (SSSR count). The molecule has 88 valence electrons. The van der Waals surface area contributed by atoms with Gasteiger partial charge in [-0.25, -0.2) is 4.39 Å². The minimum atomic E-state index is -0.485. The van der Waals surface area contributed by atoms with Crippen molar-refractivity contribution < 1.29 is 9.13 Å². The maximum atomic E-state index is 12.7. The van der Waals surface area contributed by atoms with Crippen LogP contribution in [0.25, 0.3) is 0 Å². The first-order chi connectivity index (χ1) is 8.25. The number of hydrogen-bond acceptors (Lipinski definition) is 1. The van der Waals surface area contributed by atoms with Crippen molar-refractivity contribution in [2.75, 3.05) is 0 Å². The Morgan fingerprint density at radius 2 is 1.65 bits per heavy atom. The zero-order chi connectivity index (χ0) is 12.1. The first kappa shape index (κ1) is 12.1. The van der Waals surface area contributed by atoms with Gasteiger partial charge in [-0.2, -0.15) is 0 Å². The van der Waals surface area contributed by atoms with Crippen LogP contribution < -0.4 is 0 Å². The molecule has 0 aromatic heterocycles. The van der Waals surface area contributed by atoms with Crippen LogP contribution in [-0.2, 0) is 11.3 Å². The maximum Gasteiger partial charge on any atom is 0.157 e. The summed E-state index contributed by atoms with van der Waals surface area (Å²) in [6, 6.07) is 15.7. The Kier molecular flexibility index (Phi) is 4.13. The molecule has 0 bridgehead atoms. The lowest BCUT2D eigenvalue weighted by molar-refractivity contribution is 0.0943. The van der Waals surface area contributed by atoms with E-state index in [0.29, 0.717) is 6.61 Å². The third-order valence-electron chi connectivity index (χ3n) is 2.37. The van der Waals surface area contributed by atoms with E-state index in [9.17, 15) is 4.39 Å². The smallest absolute Gasteiger partial charge is 0.157 e. The van der Waals surface area contributed by atoms with Crippen molar-refractivity contribution in [3.05, 3.63) is 71.5 Å². The van der Waals surface area contributed by atoms with Crippen LogP contribution in [0.5, 0.6) is 0 Å². The lowest BCUT2D eigenvalue weighted by atomic mass is 10.2. The van der Waals surface area contributed by atoms with Crippen molar-refractivity contribution in [1.29, 1.82) is 0 Å². The summed E-state index contributed by atoms with van der Waals surface area (Å²) in [5.74, 6) is -0.251. The van der Waals surface area contributed by atoms with E-state index in [1.807, 2.05) is 30.3 Å². The summed E-state index contributed by atoms with van der Waals surface area (Å²) in [5, 5.41) is 0. The quantitative estimate of drug-likeness (QED) is 0.736. The Hall–Kier alpha value is -1.38. The van der Waals surface area contributed by atoms with Crippen LogP contribution in [0.4, 0.5) is 4.39 Å². The second kappa shape index (κ2) is 5.80. The lowest BCUT2D eigenvalue weighted by Gasteiger charge is -2.11. The van der Waals surface area contributed by atoms with E-state index in [1.54, 1.807) is 12.1 Å². The Morgan fingerprint density at radius 1 is 1.00 bits per heavy atom. The number of alkyl halides is 1. The highest BCUT2D eigenvalue weighted by Crippen LogP contribution is 2.22. The Balaban J connectivity index is 1.92. The second-order valence-electron chi connectivity index (χ2n) is 3.66. The second-order valence-corrected chi connectivity index (χ2v) is 4.06. The molecule has 0 amide bonds. The van der Waals surface area contributed by atoms with Crippen LogP contribution in [0.15, 0.2) is 54.6 Å². The Labute approximate surface area is 105 Å². The number of benzene rings is 2. The van der Waals surface area contributed by atoms with Crippen molar-refractivity contribution in [2.24, 2.45) is 0 Å². The molecule has 17 heavy (non-hydrogen) atoms. The van der Waals surface area contributed by atoms with Gasteiger partial charge in [0.25, 0.3) is 0 Å². The molecular weight excluding hydrogens is 239 g/mol.